The Bertz CT molecular complexity index is 778. The van der Waals surface area contributed by atoms with Gasteiger partial charge in [0.15, 0.2) is 0 Å². The third-order valence-electron chi connectivity index (χ3n) is 4.53. The molecule has 1 aliphatic rings. The highest BCUT2D eigenvalue weighted by Gasteiger charge is 2.39. The van der Waals surface area contributed by atoms with Crippen molar-refractivity contribution in [2.75, 3.05) is 6.54 Å². The van der Waals surface area contributed by atoms with Crippen molar-refractivity contribution in [3.8, 4) is 0 Å². The summed E-state index contributed by atoms with van der Waals surface area (Å²) in [6, 6.07) is 16.0. The van der Waals surface area contributed by atoms with Crippen LogP contribution in [0.4, 0.5) is 4.39 Å². The van der Waals surface area contributed by atoms with E-state index >= 15 is 0 Å². The number of H-pyrrole nitrogens is 1. The molecule has 2 N–H and O–H groups in total. The first-order valence-corrected chi connectivity index (χ1v) is 7.85. The van der Waals surface area contributed by atoms with Gasteiger partial charge in [0.1, 0.15) is 5.82 Å². The summed E-state index contributed by atoms with van der Waals surface area (Å²) < 4.78 is 13.4. The SMILES string of the molecule is Fc1ccc2[nH]cc([C@@H]3C[C@H]3NCCc3ccccc3)c2c1. The molecule has 1 fully saturated rings. The van der Waals surface area contributed by atoms with E-state index in [0.717, 1.165) is 30.3 Å². The van der Waals surface area contributed by atoms with Crippen LogP contribution in [0.2, 0.25) is 0 Å². The van der Waals surface area contributed by atoms with E-state index in [9.17, 15) is 4.39 Å². The van der Waals surface area contributed by atoms with Gasteiger partial charge in [0, 0.05) is 29.1 Å². The van der Waals surface area contributed by atoms with E-state index in [1.54, 1.807) is 6.07 Å². The molecule has 1 heterocycles. The second-order valence-corrected chi connectivity index (χ2v) is 6.07. The molecule has 2 nitrogen and oxygen atoms in total. The Hall–Kier alpha value is -2.13. The standard InChI is InChI=1S/C19H19FN2/c20-14-6-7-18-15(10-14)17(12-22-18)16-11-19(16)21-9-8-13-4-2-1-3-5-13/h1-7,10,12,16,19,21-22H,8-9,11H2/t16-,19+/m0/s1. The van der Waals surface area contributed by atoms with Gasteiger partial charge in [-0.05, 0) is 48.7 Å². The van der Waals surface area contributed by atoms with Crippen LogP contribution in [0.5, 0.6) is 0 Å². The van der Waals surface area contributed by atoms with Crippen molar-refractivity contribution in [3.05, 3.63) is 71.7 Å². The zero-order valence-electron chi connectivity index (χ0n) is 12.4. The predicted octanol–water partition coefficient (Wildman–Crippen LogP) is 4.00. The van der Waals surface area contributed by atoms with Gasteiger partial charge in [-0.25, -0.2) is 4.39 Å². The van der Waals surface area contributed by atoms with Gasteiger partial charge < -0.3 is 10.3 Å². The van der Waals surface area contributed by atoms with E-state index < -0.39 is 0 Å². The molecule has 112 valence electrons. The van der Waals surface area contributed by atoms with E-state index in [4.69, 9.17) is 0 Å². The van der Waals surface area contributed by atoms with Crippen molar-refractivity contribution < 1.29 is 4.39 Å². The Morgan fingerprint density at radius 3 is 2.86 bits per heavy atom. The average Bonchev–Trinajstić information content (AvgIpc) is 3.18. The van der Waals surface area contributed by atoms with Crippen LogP contribution in [0.3, 0.4) is 0 Å². The molecule has 1 aromatic heterocycles. The highest BCUT2D eigenvalue weighted by molar-refractivity contribution is 5.84. The molecule has 22 heavy (non-hydrogen) atoms. The normalized spacial score (nSPS) is 20.4. The van der Waals surface area contributed by atoms with Gasteiger partial charge >= 0.3 is 0 Å². The second kappa shape index (κ2) is 5.58. The maximum Gasteiger partial charge on any atom is 0.123 e. The Labute approximate surface area is 129 Å². The van der Waals surface area contributed by atoms with Crippen LogP contribution in [0, 0.1) is 5.82 Å². The summed E-state index contributed by atoms with van der Waals surface area (Å²) >= 11 is 0. The fraction of sp³-hybridized carbons (Fsp3) is 0.263. The molecule has 0 aliphatic heterocycles. The van der Waals surface area contributed by atoms with Gasteiger partial charge in [-0.1, -0.05) is 30.3 Å². The Morgan fingerprint density at radius 1 is 1.14 bits per heavy atom. The quantitative estimate of drug-likeness (QED) is 0.731. The van der Waals surface area contributed by atoms with Crippen LogP contribution in [-0.2, 0) is 6.42 Å². The van der Waals surface area contributed by atoms with Crippen LogP contribution in [-0.4, -0.2) is 17.6 Å². The van der Waals surface area contributed by atoms with Crippen molar-refractivity contribution in [2.45, 2.75) is 24.8 Å². The van der Waals surface area contributed by atoms with Gasteiger partial charge in [-0.3, -0.25) is 0 Å². The first-order chi connectivity index (χ1) is 10.8. The molecule has 3 aromatic rings. The zero-order valence-corrected chi connectivity index (χ0v) is 12.4. The van der Waals surface area contributed by atoms with Crippen molar-refractivity contribution in [2.24, 2.45) is 0 Å². The highest BCUT2D eigenvalue weighted by Crippen LogP contribution is 2.43. The monoisotopic (exact) mass is 294 g/mol. The number of fused-ring (bicyclic) bond motifs is 1. The molecular weight excluding hydrogens is 275 g/mol. The van der Waals surface area contributed by atoms with E-state index in [-0.39, 0.29) is 5.82 Å². The molecule has 1 saturated carbocycles. The Morgan fingerprint density at radius 2 is 2.00 bits per heavy atom. The summed E-state index contributed by atoms with van der Waals surface area (Å²) in [7, 11) is 0. The summed E-state index contributed by atoms with van der Waals surface area (Å²) in [4.78, 5) is 3.24. The predicted molar refractivity (Wildman–Crippen MR) is 87.6 cm³/mol. The maximum atomic E-state index is 13.4. The van der Waals surface area contributed by atoms with Crippen molar-refractivity contribution in [1.29, 1.82) is 0 Å². The van der Waals surface area contributed by atoms with Crippen LogP contribution < -0.4 is 5.32 Å². The minimum atomic E-state index is -0.164. The molecule has 0 radical (unpaired) electrons. The molecular formula is C19H19FN2. The molecule has 2 aromatic carbocycles. The van der Waals surface area contributed by atoms with Gasteiger partial charge in [0.05, 0.1) is 0 Å². The van der Waals surface area contributed by atoms with Crippen molar-refractivity contribution >= 4 is 10.9 Å². The third-order valence-corrected chi connectivity index (χ3v) is 4.53. The number of rotatable bonds is 5. The molecule has 0 saturated heterocycles. The minimum Gasteiger partial charge on any atom is -0.361 e. The first kappa shape index (κ1) is 13.5. The smallest absolute Gasteiger partial charge is 0.123 e. The molecule has 2 atom stereocenters. The van der Waals surface area contributed by atoms with Crippen LogP contribution in [0.1, 0.15) is 23.5 Å². The number of nitrogens with one attached hydrogen (secondary N) is 2. The molecule has 1 aliphatic carbocycles. The number of aromatic amines is 1. The molecule has 0 bridgehead atoms. The molecule has 0 unspecified atom stereocenters. The fourth-order valence-corrected chi connectivity index (χ4v) is 3.23. The first-order valence-electron chi connectivity index (χ1n) is 7.85. The lowest BCUT2D eigenvalue weighted by atomic mass is 10.1. The largest absolute Gasteiger partial charge is 0.361 e. The Balaban J connectivity index is 1.38. The van der Waals surface area contributed by atoms with Crippen molar-refractivity contribution in [3.63, 3.8) is 0 Å². The lowest BCUT2D eigenvalue weighted by Gasteiger charge is -2.04. The average molecular weight is 294 g/mol. The van der Waals surface area contributed by atoms with E-state index in [1.165, 1.54) is 17.2 Å². The van der Waals surface area contributed by atoms with Crippen molar-refractivity contribution in [1.82, 2.24) is 10.3 Å². The summed E-state index contributed by atoms with van der Waals surface area (Å²) in [5, 5.41) is 4.64. The van der Waals surface area contributed by atoms with Gasteiger partial charge in [0.2, 0.25) is 0 Å². The second-order valence-electron chi connectivity index (χ2n) is 6.07. The van der Waals surface area contributed by atoms with Gasteiger partial charge in [-0.2, -0.15) is 0 Å². The van der Waals surface area contributed by atoms with E-state index in [1.807, 2.05) is 18.3 Å². The maximum absolute atomic E-state index is 13.4. The van der Waals surface area contributed by atoms with Gasteiger partial charge in [0.25, 0.3) is 0 Å². The van der Waals surface area contributed by atoms with E-state index in [0.29, 0.717) is 12.0 Å². The number of halogens is 1. The van der Waals surface area contributed by atoms with Crippen LogP contribution in [0.25, 0.3) is 10.9 Å². The van der Waals surface area contributed by atoms with Crippen LogP contribution >= 0.6 is 0 Å². The summed E-state index contributed by atoms with van der Waals surface area (Å²) in [5.74, 6) is 0.342. The lowest BCUT2D eigenvalue weighted by Crippen LogP contribution is -2.20. The zero-order chi connectivity index (χ0) is 14.9. The minimum absolute atomic E-state index is 0.164. The summed E-state index contributed by atoms with van der Waals surface area (Å²) in [6.07, 6.45) is 4.22. The van der Waals surface area contributed by atoms with E-state index in [2.05, 4.69) is 34.6 Å². The molecule has 0 spiro atoms. The number of hydrogen-bond donors (Lipinski definition) is 2. The number of benzene rings is 2. The van der Waals surface area contributed by atoms with Crippen LogP contribution in [0.15, 0.2) is 54.7 Å². The molecule has 4 rings (SSSR count). The fourth-order valence-electron chi connectivity index (χ4n) is 3.23. The number of aromatic nitrogens is 1. The van der Waals surface area contributed by atoms with Gasteiger partial charge in [-0.15, -0.1) is 0 Å². The third kappa shape index (κ3) is 2.64. The number of hydrogen-bond acceptors (Lipinski definition) is 1. The topological polar surface area (TPSA) is 27.8 Å². The summed E-state index contributed by atoms with van der Waals surface area (Å²) in [6.45, 7) is 0.988. The molecule has 3 heteroatoms. The summed E-state index contributed by atoms with van der Waals surface area (Å²) in [5.41, 5.74) is 3.62. The highest BCUT2D eigenvalue weighted by atomic mass is 19.1. The molecule has 0 amide bonds. The Kier molecular flexibility index (Phi) is 3.43. The lowest BCUT2D eigenvalue weighted by molar-refractivity contribution is 0.629.